The molecule has 1 aliphatic rings. The highest BCUT2D eigenvalue weighted by Crippen LogP contribution is 2.37. The smallest absolute Gasteiger partial charge is 0.345 e. The first-order chi connectivity index (χ1) is 12.6. The number of carbonyl (C=O) groups is 1. The van der Waals surface area contributed by atoms with E-state index < -0.39 is 10.9 Å². The molecule has 1 aromatic heterocycles. The Hall–Kier alpha value is -3.20. The first-order valence-electron chi connectivity index (χ1n) is 7.71. The van der Waals surface area contributed by atoms with Gasteiger partial charge in [-0.1, -0.05) is 12.1 Å². The number of carbonyl (C=O) groups excluding carboxylic acids is 1. The largest absolute Gasteiger partial charge is 0.486 e. The Kier molecular flexibility index (Phi) is 4.13. The molecular formula is C17H12N2O6S. The normalized spacial score (nSPS) is 12.8. The first-order valence-corrected chi connectivity index (χ1v) is 8.53. The van der Waals surface area contributed by atoms with Crippen LogP contribution in [0.15, 0.2) is 36.4 Å². The van der Waals surface area contributed by atoms with E-state index in [-0.39, 0.29) is 29.4 Å². The number of nitro groups is 1. The lowest BCUT2D eigenvalue weighted by atomic mass is 10.1. The van der Waals surface area contributed by atoms with Gasteiger partial charge >= 0.3 is 5.97 Å². The fraction of sp³-hybridized carbons (Fsp3) is 0.176. The molecule has 9 heteroatoms. The molecule has 0 N–H and O–H groups in total. The Balaban J connectivity index is 1.58. The van der Waals surface area contributed by atoms with Crippen molar-refractivity contribution in [2.75, 3.05) is 13.2 Å². The number of hydrogen-bond acceptors (Lipinski definition) is 8. The van der Waals surface area contributed by atoms with Crippen LogP contribution in [0.5, 0.6) is 11.5 Å². The van der Waals surface area contributed by atoms with Crippen LogP contribution >= 0.6 is 11.3 Å². The van der Waals surface area contributed by atoms with Crippen molar-refractivity contribution in [2.45, 2.75) is 6.61 Å². The summed E-state index contributed by atoms with van der Waals surface area (Å²) < 4.78 is 16.9. The van der Waals surface area contributed by atoms with Crippen LogP contribution in [0.25, 0.3) is 10.2 Å². The molecule has 0 spiro atoms. The summed E-state index contributed by atoms with van der Waals surface area (Å²) in [5.74, 6) is -0.285. The summed E-state index contributed by atoms with van der Waals surface area (Å²) in [4.78, 5) is 27.4. The van der Waals surface area contributed by atoms with Gasteiger partial charge in [-0.05, 0) is 12.1 Å². The maximum absolute atomic E-state index is 12.4. The van der Waals surface area contributed by atoms with Gasteiger partial charge in [0.15, 0.2) is 11.5 Å². The third-order valence-corrected chi connectivity index (χ3v) is 4.75. The quantitative estimate of drug-likeness (QED) is 0.393. The molecule has 0 amide bonds. The summed E-state index contributed by atoms with van der Waals surface area (Å²) >= 11 is 1.40. The van der Waals surface area contributed by atoms with Crippen molar-refractivity contribution in [3.8, 4) is 11.5 Å². The molecule has 0 atom stereocenters. The van der Waals surface area contributed by atoms with E-state index in [1.165, 1.54) is 23.5 Å². The summed E-state index contributed by atoms with van der Waals surface area (Å²) in [6.45, 7) is 0.542. The summed E-state index contributed by atoms with van der Waals surface area (Å²) in [7, 11) is 0. The van der Waals surface area contributed by atoms with Gasteiger partial charge in [0.25, 0.3) is 5.69 Å². The Morgan fingerprint density at radius 3 is 2.69 bits per heavy atom. The van der Waals surface area contributed by atoms with Crippen molar-refractivity contribution in [1.82, 2.24) is 4.98 Å². The number of nitrogens with zero attached hydrogens (tertiary/aromatic N) is 2. The van der Waals surface area contributed by atoms with Crippen LogP contribution in [-0.2, 0) is 11.3 Å². The molecule has 3 aromatic rings. The molecule has 0 bridgehead atoms. The van der Waals surface area contributed by atoms with Gasteiger partial charge in [0.1, 0.15) is 30.4 Å². The average Bonchev–Trinajstić information content (AvgIpc) is 3.08. The number of aromatic nitrogens is 1. The second kappa shape index (κ2) is 6.60. The van der Waals surface area contributed by atoms with Crippen molar-refractivity contribution in [3.63, 3.8) is 0 Å². The van der Waals surface area contributed by atoms with Crippen molar-refractivity contribution in [2.24, 2.45) is 0 Å². The van der Waals surface area contributed by atoms with Gasteiger partial charge in [-0.15, -0.1) is 11.3 Å². The summed E-state index contributed by atoms with van der Waals surface area (Å²) in [5, 5.41) is 11.9. The fourth-order valence-corrected chi connectivity index (χ4v) is 3.46. The van der Waals surface area contributed by atoms with Crippen LogP contribution in [0.2, 0.25) is 0 Å². The van der Waals surface area contributed by atoms with E-state index in [0.717, 1.165) is 10.2 Å². The molecular weight excluding hydrogens is 360 g/mol. The molecule has 132 valence electrons. The summed E-state index contributed by atoms with van der Waals surface area (Å²) in [6, 6.07) is 10.0. The highest BCUT2D eigenvalue weighted by Gasteiger charge is 2.27. The molecule has 4 rings (SSSR count). The highest BCUT2D eigenvalue weighted by atomic mass is 32.1. The minimum absolute atomic E-state index is 0.0657. The molecule has 0 aliphatic carbocycles. The number of ether oxygens (including phenoxy) is 3. The molecule has 0 saturated carbocycles. The minimum atomic E-state index is -0.812. The molecule has 0 unspecified atom stereocenters. The highest BCUT2D eigenvalue weighted by molar-refractivity contribution is 7.18. The van der Waals surface area contributed by atoms with Gasteiger partial charge in [0.2, 0.25) is 0 Å². The summed E-state index contributed by atoms with van der Waals surface area (Å²) in [5.41, 5.74) is 0.248. The Labute approximate surface area is 151 Å². The second-order valence-electron chi connectivity index (χ2n) is 5.42. The molecule has 0 saturated heterocycles. The van der Waals surface area contributed by atoms with E-state index in [4.69, 9.17) is 14.2 Å². The van der Waals surface area contributed by atoms with Crippen LogP contribution in [0.1, 0.15) is 15.4 Å². The lowest BCUT2D eigenvalue weighted by molar-refractivity contribution is -0.385. The number of nitro benzene ring substituents is 1. The van der Waals surface area contributed by atoms with E-state index in [0.29, 0.717) is 18.2 Å². The number of fused-ring (bicyclic) bond motifs is 2. The Morgan fingerprint density at radius 1 is 1.23 bits per heavy atom. The van der Waals surface area contributed by atoms with E-state index in [1.54, 1.807) is 0 Å². The fourth-order valence-electron chi connectivity index (χ4n) is 2.58. The molecule has 8 nitrogen and oxygen atoms in total. The number of rotatable bonds is 4. The van der Waals surface area contributed by atoms with E-state index in [1.807, 2.05) is 24.3 Å². The van der Waals surface area contributed by atoms with E-state index in [9.17, 15) is 14.9 Å². The topological polar surface area (TPSA) is 101 Å². The number of esters is 1. The monoisotopic (exact) mass is 372 g/mol. The number of thiazole rings is 1. The van der Waals surface area contributed by atoms with Crippen LogP contribution in [0.4, 0.5) is 5.69 Å². The number of benzene rings is 2. The Bertz CT molecular complexity index is 983. The zero-order chi connectivity index (χ0) is 18.1. The number of para-hydroxylation sites is 1. The molecule has 0 fully saturated rings. The van der Waals surface area contributed by atoms with Crippen LogP contribution in [-0.4, -0.2) is 29.1 Å². The number of hydrogen-bond donors (Lipinski definition) is 0. The van der Waals surface area contributed by atoms with E-state index >= 15 is 0 Å². The van der Waals surface area contributed by atoms with Crippen molar-refractivity contribution in [1.29, 1.82) is 0 Å². The molecule has 1 aliphatic heterocycles. The molecule has 2 aromatic carbocycles. The standard InChI is InChI=1S/C17H12N2O6S/c20-17(25-9-16-18-11-3-1-2-4-15(11)26-16)10-7-13-14(24-6-5-23-13)8-12(10)19(21)22/h1-4,7-8H,5-6,9H2. The third kappa shape index (κ3) is 3.04. The van der Waals surface area contributed by atoms with Gasteiger partial charge in [-0.2, -0.15) is 0 Å². The third-order valence-electron chi connectivity index (χ3n) is 3.74. The van der Waals surface area contributed by atoms with Gasteiger partial charge in [-0.25, -0.2) is 9.78 Å². The minimum Gasteiger partial charge on any atom is -0.486 e. The predicted molar refractivity (Wildman–Crippen MR) is 92.8 cm³/mol. The zero-order valence-electron chi connectivity index (χ0n) is 13.3. The van der Waals surface area contributed by atoms with Gasteiger partial charge in [0, 0.05) is 6.07 Å². The van der Waals surface area contributed by atoms with Gasteiger partial charge in [0.05, 0.1) is 21.2 Å². The van der Waals surface area contributed by atoms with Crippen molar-refractivity contribution < 1.29 is 23.9 Å². The van der Waals surface area contributed by atoms with Crippen LogP contribution < -0.4 is 9.47 Å². The second-order valence-corrected chi connectivity index (χ2v) is 6.54. The lowest BCUT2D eigenvalue weighted by Gasteiger charge is -2.18. The predicted octanol–water partition coefficient (Wildman–Crippen LogP) is 3.33. The maximum Gasteiger partial charge on any atom is 0.345 e. The SMILES string of the molecule is O=C(OCc1nc2ccccc2s1)c1cc2c(cc1[N+](=O)[O-])OCCO2. The maximum atomic E-state index is 12.4. The Morgan fingerprint density at radius 2 is 1.96 bits per heavy atom. The zero-order valence-corrected chi connectivity index (χ0v) is 14.2. The van der Waals surface area contributed by atoms with Gasteiger partial charge < -0.3 is 14.2 Å². The first kappa shape index (κ1) is 16.3. The molecule has 26 heavy (non-hydrogen) atoms. The van der Waals surface area contributed by atoms with Crippen LogP contribution in [0, 0.1) is 10.1 Å². The lowest BCUT2D eigenvalue weighted by Crippen LogP contribution is -2.17. The molecule has 0 radical (unpaired) electrons. The van der Waals surface area contributed by atoms with Crippen LogP contribution in [0.3, 0.4) is 0 Å². The summed E-state index contributed by atoms with van der Waals surface area (Å²) in [6.07, 6.45) is 0. The van der Waals surface area contributed by atoms with Gasteiger partial charge in [-0.3, -0.25) is 10.1 Å². The van der Waals surface area contributed by atoms with Crippen molar-refractivity contribution >= 4 is 33.2 Å². The van der Waals surface area contributed by atoms with Crippen molar-refractivity contribution in [3.05, 3.63) is 57.1 Å². The average molecular weight is 372 g/mol. The van der Waals surface area contributed by atoms with E-state index in [2.05, 4.69) is 4.98 Å². The molecule has 2 heterocycles.